The van der Waals surface area contributed by atoms with Crippen LogP contribution >= 0.6 is 0 Å². The summed E-state index contributed by atoms with van der Waals surface area (Å²) in [6.07, 6.45) is -4.48. The molecule has 90 valence electrons. The van der Waals surface area contributed by atoms with Crippen molar-refractivity contribution in [2.45, 2.75) is 31.5 Å². The number of aryl methyl sites for hydroxylation is 1. The molecule has 2 rings (SSSR count). The van der Waals surface area contributed by atoms with Crippen molar-refractivity contribution in [2.24, 2.45) is 7.05 Å². The predicted molar refractivity (Wildman–Crippen MR) is 52.5 cm³/mol. The average molecular weight is 235 g/mol. The molecule has 1 aliphatic heterocycles. The summed E-state index contributed by atoms with van der Waals surface area (Å²) in [5.74, 6) is -1.44. The fourth-order valence-corrected chi connectivity index (χ4v) is 2.12. The van der Waals surface area contributed by atoms with Crippen molar-refractivity contribution in [1.29, 1.82) is 0 Å². The standard InChI is InChI=1S/C9H12F3N3O/c1-4-3-5(9(10,11)12)6-7(13-4)15(2)14-8(6)16/h4-5,13H,3H2,1-2H3,(H,14,16)/t4-,5+/m0/s1. The van der Waals surface area contributed by atoms with Gasteiger partial charge in [-0.05, 0) is 13.3 Å². The minimum atomic E-state index is -4.38. The summed E-state index contributed by atoms with van der Waals surface area (Å²) in [6.45, 7) is 1.67. The minimum Gasteiger partial charge on any atom is -0.368 e. The number of hydrogen-bond donors (Lipinski definition) is 2. The fourth-order valence-electron chi connectivity index (χ4n) is 2.12. The quantitative estimate of drug-likeness (QED) is 0.717. The molecule has 0 saturated heterocycles. The Hall–Kier alpha value is -1.40. The maximum atomic E-state index is 12.8. The van der Waals surface area contributed by atoms with Crippen LogP contribution in [0.1, 0.15) is 24.8 Å². The lowest BCUT2D eigenvalue weighted by Gasteiger charge is -2.29. The third kappa shape index (κ3) is 1.60. The molecule has 0 unspecified atom stereocenters. The van der Waals surface area contributed by atoms with E-state index in [0.29, 0.717) is 0 Å². The number of nitrogens with zero attached hydrogens (tertiary/aromatic N) is 1. The second kappa shape index (κ2) is 3.29. The zero-order chi connectivity index (χ0) is 12.1. The molecule has 2 atom stereocenters. The highest BCUT2D eigenvalue weighted by molar-refractivity contribution is 5.50. The highest BCUT2D eigenvalue weighted by Gasteiger charge is 2.47. The summed E-state index contributed by atoms with van der Waals surface area (Å²) in [5, 5.41) is 5.22. The fraction of sp³-hybridized carbons (Fsp3) is 0.667. The van der Waals surface area contributed by atoms with Crippen LogP contribution in [0.2, 0.25) is 0 Å². The molecule has 0 bridgehead atoms. The van der Waals surface area contributed by atoms with Crippen molar-refractivity contribution in [1.82, 2.24) is 9.78 Å². The first-order chi connectivity index (χ1) is 7.30. The van der Waals surface area contributed by atoms with Gasteiger partial charge in [-0.3, -0.25) is 14.6 Å². The second-order valence-electron chi connectivity index (χ2n) is 4.14. The lowest BCUT2D eigenvalue weighted by atomic mass is 9.90. The lowest BCUT2D eigenvalue weighted by molar-refractivity contribution is -0.153. The van der Waals surface area contributed by atoms with E-state index in [4.69, 9.17) is 0 Å². The third-order valence-corrected chi connectivity index (χ3v) is 2.82. The molecular formula is C9H12F3N3O. The predicted octanol–water partition coefficient (Wildman–Crippen LogP) is 1.56. The Balaban J connectivity index is 2.58. The summed E-state index contributed by atoms with van der Waals surface area (Å²) in [6, 6.07) is -0.305. The normalized spacial score (nSPS) is 25.1. The van der Waals surface area contributed by atoms with Gasteiger partial charge in [0.15, 0.2) is 0 Å². The van der Waals surface area contributed by atoms with Gasteiger partial charge in [-0.2, -0.15) is 13.2 Å². The number of hydrogen-bond acceptors (Lipinski definition) is 2. The highest BCUT2D eigenvalue weighted by Crippen LogP contribution is 2.42. The molecule has 4 nitrogen and oxygen atoms in total. The number of H-pyrrole nitrogens is 1. The van der Waals surface area contributed by atoms with Crippen LogP contribution in [0, 0.1) is 0 Å². The molecule has 2 heterocycles. The average Bonchev–Trinajstić information content (AvgIpc) is 2.40. The molecule has 0 radical (unpaired) electrons. The molecule has 0 fully saturated rings. The minimum absolute atomic E-state index is 0.108. The summed E-state index contributed by atoms with van der Waals surface area (Å²) >= 11 is 0. The van der Waals surface area contributed by atoms with E-state index >= 15 is 0 Å². The number of alkyl halides is 3. The van der Waals surface area contributed by atoms with E-state index in [0.717, 1.165) is 0 Å². The lowest BCUT2D eigenvalue weighted by Crippen LogP contribution is -2.35. The van der Waals surface area contributed by atoms with E-state index in [1.54, 1.807) is 6.92 Å². The van der Waals surface area contributed by atoms with Gasteiger partial charge in [-0.15, -0.1) is 0 Å². The Labute approximate surface area is 89.4 Å². The number of nitrogens with one attached hydrogen (secondary N) is 2. The van der Waals surface area contributed by atoms with Crippen LogP contribution in [0.5, 0.6) is 0 Å². The molecule has 0 aromatic carbocycles. The smallest absolute Gasteiger partial charge is 0.368 e. The van der Waals surface area contributed by atoms with E-state index in [1.165, 1.54) is 11.7 Å². The SMILES string of the molecule is C[C@H]1C[C@@H](C(F)(F)F)c2c(n(C)[nH]c2=O)N1. The van der Waals surface area contributed by atoms with Crippen LogP contribution < -0.4 is 10.9 Å². The van der Waals surface area contributed by atoms with Gasteiger partial charge in [0.1, 0.15) is 5.82 Å². The topological polar surface area (TPSA) is 49.8 Å². The van der Waals surface area contributed by atoms with Crippen molar-refractivity contribution >= 4 is 5.82 Å². The largest absolute Gasteiger partial charge is 0.396 e. The Kier molecular flexibility index (Phi) is 2.28. The van der Waals surface area contributed by atoms with E-state index in [1.807, 2.05) is 0 Å². The molecule has 0 spiro atoms. The summed E-state index contributed by atoms with van der Waals surface area (Å²) in [5.41, 5.74) is -0.868. The van der Waals surface area contributed by atoms with E-state index in [9.17, 15) is 18.0 Å². The van der Waals surface area contributed by atoms with Crippen molar-refractivity contribution < 1.29 is 13.2 Å². The Morgan fingerprint density at radius 1 is 1.44 bits per heavy atom. The van der Waals surface area contributed by atoms with Crippen molar-refractivity contribution in [3.8, 4) is 0 Å². The monoisotopic (exact) mass is 235 g/mol. The van der Waals surface area contributed by atoms with Crippen molar-refractivity contribution in [3.05, 3.63) is 15.9 Å². The number of halogens is 3. The summed E-state index contributed by atoms with van der Waals surface area (Å²) in [4.78, 5) is 11.4. The van der Waals surface area contributed by atoms with Crippen LogP contribution in [-0.4, -0.2) is 22.0 Å². The van der Waals surface area contributed by atoms with Crippen molar-refractivity contribution in [2.75, 3.05) is 5.32 Å². The Bertz CT molecular complexity index is 460. The van der Waals surface area contributed by atoms with E-state index in [-0.39, 0.29) is 23.8 Å². The van der Waals surface area contributed by atoms with Crippen LogP contribution in [-0.2, 0) is 7.05 Å². The van der Waals surface area contributed by atoms with Gasteiger partial charge in [-0.1, -0.05) is 0 Å². The summed E-state index contributed by atoms with van der Waals surface area (Å²) in [7, 11) is 1.51. The van der Waals surface area contributed by atoms with Crippen molar-refractivity contribution in [3.63, 3.8) is 0 Å². The molecule has 0 aliphatic carbocycles. The zero-order valence-corrected chi connectivity index (χ0v) is 8.85. The Morgan fingerprint density at radius 2 is 2.06 bits per heavy atom. The maximum absolute atomic E-state index is 12.8. The zero-order valence-electron chi connectivity index (χ0n) is 8.85. The van der Waals surface area contributed by atoms with E-state index < -0.39 is 17.7 Å². The van der Waals surface area contributed by atoms with E-state index in [2.05, 4.69) is 10.4 Å². The first-order valence-corrected chi connectivity index (χ1v) is 4.93. The summed E-state index contributed by atoms with van der Waals surface area (Å²) < 4.78 is 39.7. The third-order valence-electron chi connectivity index (χ3n) is 2.82. The molecule has 7 heteroatoms. The molecule has 0 amide bonds. The highest BCUT2D eigenvalue weighted by atomic mass is 19.4. The number of anilines is 1. The number of rotatable bonds is 0. The molecule has 2 N–H and O–H groups in total. The van der Waals surface area contributed by atoms with Gasteiger partial charge in [0.2, 0.25) is 0 Å². The van der Waals surface area contributed by atoms with Gasteiger partial charge in [0.25, 0.3) is 5.56 Å². The van der Waals surface area contributed by atoms with Gasteiger partial charge >= 0.3 is 6.18 Å². The van der Waals surface area contributed by atoms with Crippen LogP contribution in [0.4, 0.5) is 19.0 Å². The van der Waals surface area contributed by atoms with Crippen LogP contribution in [0.3, 0.4) is 0 Å². The van der Waals surface area contributed by atoms with Gasteiger partial charge in [-0.25, -0.2) is 0 Å². The van der Waals surface area contributed by atoms with Gasteiger partial charge < -0.3 is 5.32 Å². The maximum Gasteiger partial charge on any atom is 0.396 e. The van der Waals surface area contributed by atoms with Gasteiger partial charge in [0.05, 0.1) is 11.5 Å². The molecule has 0 saturated carbocycles. The molecule has 1 aliphatic rings. The number of aromatic nitrogens is 2. The number of fused-ring (bicyclic) bond motifs is 1. The molecule has 1 aromatic rings. The first kappa shape index (κ1) is 11.1. The number of aromatic amines is 1. The first-order valence-electron chi connectivity index (χ1n) is 4.93. The van der Waals surface area contributed by atoms with Gasteiger partial charge in [0, 0.05) is 13.1 Å². The van der Waals surface area contributed by atoms with Crippen LogP contribution in [0.25, 0.3) is 0 Å². The Morgan fingerprint density at radius 3 is 2.62 bits per heavy atom. The second-order valence-corrected chi connectivity index (χ2v) is 4.14. The molecule has 16 heavy (non-hydrogen) atoms. The molecule has 1 aromatic heterocycles. The van der Waals surface area contributed by atoms with Crippen LogP contribution in [0.15, 0.2) is 4.79 Å². The molecular weight excluding hydrogens is 223 g/mol.